The summed E-state index contributed by atoms with van der Waals surface area (Å²) >= 11 is 0. The molecule has 0 radical (unpaired) electrons. The van der Waals surface area contributed by atoms with Crippen molar-refractivity contribution in [3.05, 3.63) is 70.0 Å². The molecule has 0 saturated heterocycles. The zero-order chi connectivity index (χ0) is 14.8. The number of aryl methyl sites for hydroxylation is 2. The van der Waals surface area contributed by atoms with E-state index in [0.29, 0.717) is 12.4 Å². The molecule has 0 spiro atoms. The van der Waals surface area contributed by atoms with Gasteiger partial charge in [0.2, 0.25) is 12.3 Å². The number of rotatable bonds is 3. The molecule has 1 aromatic carbocycles. The minimum absolute atomic E-state index is 0.0563. The van der Waals surface area contributed by atoms with Gasteiger partial charge in [-0.25, -0.2) is 0 Å². The van der Waals surface area contributed by atoms with Gasteiger partial charge in [0.15, 0.2) is 0 Å². The Morgan fingerprint density at radius 1 is 1.19 bits per heavy atom. The maximum atomic E-state index is 12.0. The maximum Gasteiger partial charge on any atom is 0.250 e. The number of aromatic nitrogens is 3. The Labute approximate surface area is 121 Å². The number of pyridine rings is 1. The molecule has 2 aromatic heterocycles. The Bertz CT molecular complexity index is 820. The number of hydrogen-bond acceptors (Lipinski definition) is 4. The van der Waals surface area contributed by atoms with Gasteiger partial charge in [0.25, 0.3) is 5.56 Å². The minimum Gasteiger partial charge on any atom is -0.423 e. The van der Waals surface area contributed by atoms with E-state index in [4.69, 9.17) is 4.42 Å². The molecule has 0 atom stereocenters. The predicted octanol–water partition coefficient (Wildman–Crippen LogP) is 2.56. The molecule has 0 bridgehead atoms. The Morgan fingerprint density at radius 3 is 2.81 bits per heavy atom. The highest BCUT2D eigenvalue weighted by atomic mass is 16.4. The normalized spacial score (nSPS) is 10.8. The number of benzene rings is 1. The highest BCUT2D eigenvalue weighted by molar-refractivity contribution is 5.50. The second-order valence-electron chi connectivity index (χ2n) is 5.06. The maximum absolute atomic E-state index is 12.0. The summed E-state index contributed by atoms with van der Waals surface area (Å²) in [7, 11) is 0. The van der Waals surface area contributed by atoms with Crippen LogP contribution in [0.1, 0.15) is 16.7 Å². The Morgan fingerprint density at radius 2 is 2.05 bits per heavy atom. The van der Waals surface area contributed by atoms with Crippen LogP contribution in [0, 0.1) is 13.8 Å². The van der Waals surface area contributed by atoms with Crippen LogP contribution in [-0.2, 0) is 6.54 Å². The summed E-state index contributed by atoms with van der Waals surface area (Å²) in [6, 6.07) is 9.44. The topological polar surface area (TPSA) is 60.9 Å². The lowest BCUT2D eigenvalue weighted by molar-refractivity contribution is 0.567. The van der Waals surface area contributed by atoms with Crippen molar-refractivity contribution in [2.75, 3.05) is 0 Å². The van der Waals surface area contributed by atoms with Crippen molar-refractivity contribution >= 4 is 0 Å². The zero-order valence-electron chi connectivity index (χ0n) is 11.9. The molecule has 0 aliphatic heterocycles. The van der Waals surface area contributed by atoms with Gasteiger partial charge in [-0.3, -0.25) is 4.79 Å². The van der Waals surface area contributed by atoms with Crippen LogP contribution in [-0.4, -0.2) is 14.8 Å². The highest BCUT2D eigenvalue weighted by Gasteiger charge is 2.07. The first kappa shape index (κ1) is 13.3. The van der Waals surface area contributed by atoms with Crippen LogP contribution >= 0.6 is 0 Å². The standard InChI is InChI=1S/C16H15N3O2/c1-11-3-4-12(2)14(7-11)9-19-8-13(5-6-15(19)20)16-18-17-10-21-16/h3-8,10H,9H2,1-2H3. The van der Waals surface area contributed by atoms with Gasteiger partial charge < -0.3 is 8.98 Å². The molecule has 21 heavy (non-hydrogen) atoms. The van der Waals surface area contributed by atoms with Crippen molar-refractivity contribution in [3.8, 4) is 11.5 Å². The summed E-state index contributed by atoms with van der Waals surface area (Å²) in [5.41, 5.74) is 4.14. The fourth-order valence-corrected chi connectivity index (χ4v) is 2.23. The van der Waals surface area contributed by atoms with Crippen LogP contribution in [0.4, 0.5) is 0 Å². The first-order valence-electron chi connectivity index (χ1n) is 6.66. The van der Waals surface area contributed by atoms with Crippen molar-refractivity contribution in [2.24, 2.45) is 0 Å². The molecule has 106 valence electrons. The predicted molar refractivity (Wildman–Crippen MR) is 79.0 cm³/mol. The first-order valence-corrected chi connectivity index (χ1v) is 6.66. The largest absolute Gasteiger partial charge is 0.423 e. The number of nitrogens with zero attached hydrogens (tertiary/aromatic N) is 3. The molecule has 0 fully saturated rings. The van der Waals surface area contributed by atoms with Gasteiger partial charge in [-0.1, -0.05) is 23.8 Å². The third kappa shape index (κ3) is 2.76. The Hall–Kier alpha value is -2.69. The van der Waals surface area contributed by atoms with Crippen LogP contribution in [0.15, 0.2) is 52.1 Å². The van der Waals surface area contributed by atoms with Crippen molar-refractivity contribution in [1.82, 2.24) is 14.8 Å². The fourth-order valence-electron chi connectivity index (χ4n) is 2.23. The van der Waals surface area contributed by atoms with Crippen LogP contribution in [0.3, 0.4) is 0 Å². The summed E-state index contributed by atoms with van der Waals surface area (Å²) in [4.78, 5) is 12.0. The van der Waals surface area contributed by atoms with Gasteiger partial charge in [0, 0.05) is 12.3 Å². The molecule has 0 amide bonds. The number of hydrogen-bond donors (Lipinski definition) is 0. The lowest BCUT2D eigenvalue weighted by Crippen LogP contribution is -2.19. The third-order valence-electron chi connectivity index (χ3n) is 3.44. The SMILES string of the molecule is Cc1ccc(C)c(Cn2cc(-c3nnco3)ccc2=O)c1. The van der Waals surface area contributed by atoms with E-state index in [-0.39, 0.29) is 5.56 Å². The molecule has 0 aliphatic rings. The van der Waals surface area contributed by atoms with Crippen LogP contribution < -0.4 is 5.56 Å². The molecule has 3 aromatic rings. The smallest absolute Gasteiger partial charge is 0.250 e. The average Bonchev–Trinajstić information content (AvgIpc) is 2.99. The van der Waals surface area contributed by atoms with Crippen molar-refractivity contribution < 1.29 is 4.42 Å². The molecule has 5 heteroatoms. The van der Waals surface area contributed by atoms with E-state index >= 15 is 0 Å². The molecular formula is C16H15N3O2. The van der Waals surface area contributed by atoms with E-state index in [1.54, 1.807) is 16.8 Å². The highest BCUT2D eigenvalue weighted by Crippen LogP contribution is 2.16. The fraction of sp³-hybridized carbons (Fsp3) is 0.188. The second kappa shape index (κ2) is 5.36. The molecule has 5 nitrogen and oxygen atoms in total. The summed E-state index contributed by atoms with van der Waals surface area (Å²) in [5, 5.41) is 7.52. The van der Waals surface area contributed by atoms with Crippen molar-refractivity contribution in [3.63, 3.8) is 0 Å². The Kier molecular flexibility index (Phi) is 3.39. The van der Waals surface area contributed by atoms with Crippen LogP contribution in [0.5, 0.6) is 0 Å². The van der Waals surface area contributed by atoms with Gasteiger partial charge in [-0.05, 0) is 31.0 Å². The quantitative estimate of drug-likeness (QED) is 0.740. The van der Waals surface area contributed by atoms with Crippen LogP contribution in [0.25, 0.3) is 11.5 Å². The molecular weight excluding hydrogens is 266 g/mol. The lowest BCUT2D eigenvalue weighted by atomic mass is 10.1. The average molecular weight is 281 g/mol. The summed E-state index contributed by atoms with van der Waals surface area (Å²) < 4.78 is 6.82. The van der Waals surface area contributed by atoms with Gasteiger partial charge in [0.1, 0.15) is 0 Å². The zero-order valence-corrected chi connectivity index (χ0v) is 11.9. The van der Waals surface area contributed by atoms with Gasteiger partial charge in [0.05, 0.1) is 12.1 Å². The minimum atomic E-state index is -0.0563. The monoisotopic (exact) mass is 281 g/mol. The van der Waals surface area contributed by atoms with Gasteiger partial charge >= 0.3 is 0 Å². The van der Waals surface area contributed by atoms with Gasteiger partial charge in [-0.15, -0.1) is 10.2 Å². The molecule has 0 aliphatic carbocycles. The van der Waals surface area contributed by atoms with Crippen molar-refractivity contribution in [2.45, 2.75) is 20.4 Å². The van der Waals surface area contributed by atoms with Crippen molar-refractivity contribution in [1.29, 1.82) is 0 Å². The summed E-state index contributed by atoms with van der Waals surface area (Å²) in [6.07, 6.45) is 3.02. The summed E-state index contributed by atoms with van der Waals surface area (Å²) in [6.45, 7) is 4.61. The van der Waals surface area contributed by atoms with Gasteiger partial charge in [-0.2, -0.15) is 0 Å². The van der Waals surface area contributed by atoms with E-state index in [1.807, 2.05) is 13.8 Å². The molecule has 0 unspecified atom stereocenters. The van der Waals surface area contributed by atoms with E-state index in [2.05, 4.69) is 28.4 Å². The van der Waals surface area contributed by atoms with E-state index < -0.39 is 0 Å². The molecule has 0 N–H and O–H groups in total. The van der Waals surface area contributed by atoms with E-state index in [9.17, 15) is 4.79 Å². The lowest BCUT2D eigenvalue weighted by Gasteiger charge is -2.10. The second-order valence-corrected chi connectivity index (χ2v) is 5.06. The third-order valence-corrected chi connectivity index (χ3v) is 3.44. The molecule has 3 rings (SSSR count). The summed E-state index contributed by atoms with van der Waals surface area (Å²) in [5.74, 6) is 0.407. The van der Waals surface area contributed by atoms with E-state index in [0.717, 1.165) is 16.7 Å². The molecule has 0 saturated carbocycles. The van der Waals surface area contributed by atoms with E-state index in [1.165, 1.54) is 18.0 Å². The Balaban J connectivity index is 2.00. The first-order chi connectivity index (χ1) is 10.1. The molecule has 2 heterocycles. The van der Waals surface area contributed by atoms with Crippen LogP contribution in [0.2, 0.25) is 0 Å².